The Balaban J connectivity index is 2.07. The van der Waals surface area contributed by atoms with Gasteiger partial charge in [0.2, 0.25) is 0 Å². The van der Waals surface area contributed by atoms with Crippen molar-refractivity contribution < 1.29 is 9.50 Å². The Bertz CT molecular complexity index is 407. The van der Waals surface area contributed by atoms with Crippen molar-refractivity contribution in [1.82, 2.24) is 4.90 Å². The Kier molecular flexibility index (Phi) is 5.31. The standard InChI is InChI=1S/C15H23FN2O/c16-15-12(10-17)4-1-5-13(15)11-18(8-3-9-19)14-6-2-7-14/h1,4-5,14,19H,2-3,6-11,17H2. The summed E-state index contributed by atoms with van der Waals surface area (Å²) in [4.78, 5) is 2.29. The van der Waals surface area contributed by atoms with E-state index in [9.17, 15) is 4.39 Å². The second-order valence-electron chi connectivity index (χ2n) is 5.23. The number of halogens is 1. The van der Waals surface area contributed by atoms with Crippen molar-refractivity contribution in [2.24, 2.45) is 5.73 Å². The van der Waals surface area contributed by atoms with Crippen LogP contribution in [0.25, 0.3) is 0 Å². The van der Waals surface area contributed by atoms with E-state index in [4.69, 9.17) is 10.8 Å². The van der Waals surface area contributed by atoms with Gasteiger partial charge in [0.15, 0.2) is 0 Å². The summed E-state index contributed by atoms with van der Waals surface area (Å²) in [6.07, 6.45) is 4.37. The third kappa shape index (κ3) is 3.53. The molecule has 0 amide bonds. The Morgan fingerprint density at radius 2 is 2.05 bits per heavy atom. The zero-order chi connectivity index (χ0) is 13.7. The molecule has 0 aliphatic heterocycles. The van der Waals surface area contributed by atoms with Gasteiger partial charge < -0.3 is 10.8 Å². The molecule has 1 aromatic rings. The zero-order valence-electron chi connectivity index (χ0n) is 11.3. The largest absolute Gasteiger partial charge is 0.396 e. The summed E-state index contributed by atoms with van der Waals surface area (Å²) >= 11 is 0. The zero-order valence-corrected chi connectivity index (χ0v) is 11.3. The highest BCUT2D eigenvalue weighted by Gasteiger charge is 2.25. The third-order valence-corrected chi connectivity index (χ3v) is 3.95. The topological polar surface area (TPSA) is 49.5 Å². The first-order valence-electron chi connectivity index (χ1n) is 7.07. The summed E-state index contributed by atoms with van der Waals surface area (Å²) < 4.78 is 14.2. The van der Waals surface area contributed by atoms with E-state index >= 15 is 0 Å². The van der Waals surface area contributed by atoms with E-state index in [1.807, 2.05) is 12.1 Å². The second-order valence-corrected chi connectivity index (χ2v) is 5.23. The Labute approximate surface area is 114 Å². The van der Waals surface area contributed by atoms with Crippen LogP contribution in [0.1, 0.15) is 36.8 Å². The maximum atomic E-state index is 14.2. The normalized spacial score (nSPS) is 15.8. The molecule has 3 N–H and O–H groups in total. The maximum absolute atomic E-state index is 14.2. The molecule has 4 heteroatoms. The number of hydrogen-bond acceptors (Lipinski definition) is 3. The molecule has 0 heterocycles. The van der Waals surface area contributed by atoms with Crippen LogP contribution in [0, 0.1) is 5.82 Å². The fourth-order valence-electron chi connectivity index (χ4n) is 2.55. The van der Waals surface area contributed by atoms with Crippen molar-refractivity contribution in [3.8, 4) is 0 Å². The number of nitrogens with zero attached hydrogens (tertiary/aromatic N) is 1. The molecule has 1 aliphatic carbocycles. The van der Waals surface area contributed by atoms with Gasteiger partial charge in [-0.3, -0.25) is 4.90 Å². The molecule has 3 nitrogen and oxygen atoms in total. The van der Waals surface area contributed by atoms with Crippen molar-refractivity contribution in [1.29, 1.82) is 0 Å². The van der Waals surface area contributed by atoms with Crippen LogP contribution in [0.5, 0.6) is 0 Å². The molecule has 1 aromatic carbocycles. The van der Waals surface area contributed by atoms with Crippen LogP contribution in [0.3, 0.4) is 0 Å². The third-order valence-electron chi connectivity index (χ3n) is 3.95. The van der Waals surface area contributed by atoms with Gasteiger partial charge in [-0.25, -0.2) is 4.39 Å². The summed E-state index contributed by atoms with van der Waals surface area (Å²) in [7, 11) is 0. The first-order valence-corrected chi connectivity index (χ1v) is 7.07. The predicted molar refractivity (Wildman–Crippen MR) is 74.0 cm³/mol. The van der Waals surface area contributed by atoms with Gasteiger partial charge in [0.1, 0.15) is 5.82 Å². The summed E-state index contributed by atoms with van der Waals surface area (Å²) in [5.41, 5.74) is 6.83. The van der Waals surface area contributed by atoms with Gasteiger partial charge in [-0.2, -0.15) is 0 Å². The lowest BCUT2D eigenvalue weighted by Crippen LogP contribution is -2.40. The fourth-order valence-corrected chi connectivity index (χ4v) is 2.55. The van der Waals surface area contributed by atoms with Crippen molar-refractivity contribution >= 4 is 0 Å². The first-order chi connectivity index (χ1) is 9.26. The first kappa shape index (κ1) is 14.4. The minimum absolute atomic E-state index is 0.168. The lowest BCUT2D eigenvalue weighted by Gasteiger charge is -2.37. The number of nitrogens with two attached hydrogens (primary N) is 1. The molecule has 1 saturated carbocycles. The summed E-state index contributed by atoms with van der Waals surface area (Å²) in [5, 5.41) is 8.97. The number of aliphatic hydroxyl groups is 1. The average molecular weight is 266 g/mol. The fraction of sp³-hybridized carbons (Fsp3) is 0.600. The lowest BCUT2D eigenvalue weighted by atomic mass is 9.91. The molecule has 0 saturated heterocycles. The van der Waals surface area contributed by atoms with E-state index in [0.717, 1.165) is 13.0 Å². The second kappa shape index (κ2) is 6.98. The van der Waals surface area contributed by atoms with E-state index in [1.54, 1.807) is 6.07 Å². The van der Waals surface area contributed by atoms with Gasteiger partial charge in [-0.1, -0.05) is 24.6 Å². The van der Waals surface area contributed by atoms with Gasteiger partial charge in [0, 0.05) is 43.4 Å². The van der Waals surface area contributed by atoms with E-state index < -0.39 is 0 Å². The van der Waals surface area contributed by atoms with Crippen molar-refractivity contribution in [2.45, 2.75) is 44.8 Å². The van der Waals surface area contributed by atoms with Gasteiger partial charge >= 0.3 is 0 Å². The lowest BCUT2D eigenvalue weighted by molar-refractivity contribution is 0.108. The van der Waals surface area contributed by atoms with Crippen LogP contribution >= 0.6 is 0 Å². The monoisotopic (exact) mass is 266 g/mol. The molecule has 0 aromatic heterocycles. The quantitative estimate of drug-likeness (QED) is 0.794. The van der Waals surface area contributed by atoms with Gasteiger partial charge in [0.25, 0.3) is 0 Å². The molecule has 1 fully saturated rings. The molecule has 19 heavy (non-hydrogen) atoms. The van der Waals surface area contributed by atoms with Crippen LogP contribution in [0.4, 0.5) is 4.39 Å². The SMILES string of the molecule is NCc1cccc(CN(CCCO)C2CCC2)c1F. The number of hydrogen-bond donors (Lipinski definition) is 2. The van der Waals surface area contributed by atoms with E-state index in [1.165, 1.54) is 19.3 Å². The van der Waals surface area contributed by atoms with Crippen molar-refractivity contribution in [3.05, 3.63) is 35.1 Å². The molecular weight excluding hydrogens is 243 g/mol. The molecule has 0 radical (unpaired) electrons. The van der Waals surface area contributed by atoms with E-state index in [0.29, 0.717) is 23.7 Å². The van der Waals surface area contributed by atoms with Gasteiger partial charge in [-0.05, 0) is 19.3 Å². The maximum Gasteiger partial charge on any atom is 0.132 e. The van der Waals surface area contributed by atoms with Crippen LogP contribution < -0.4 is 5.73 Å². The number of aliphatic hydroxyl groups excluding tert-OH is 1. The van der Waals surface area contributed by atoms with E-state index in [-0.39, 0.29) is 19.0 Å². The summed E-state index contributed by atoms with van der Waals surface area (Å²) in [5.74, 6) is -0.168. The van der Waals surface area contributed by atoms with Crippen LogP contribution in [0.15, 0.2) is 18.2 Å². The number of benzene rings is 1. The van der Waals surface area contributed by atoms with Crippen molar-refractivity contribution in [3.63, 3.8) is 0 Å². The molecule has 2 rings (SSSR count). The van der Waals surface area contributed by atoms with Crippen LogP contribution in [-0.4, -0.2) is 29.2 Å². The molecule has 0 unspecified atom stereocenters. The summed E-state index contributed by atoms with van der Waals surface area (Å²) in [6.45, 7) is 1.87. The van der Waals surface area contributed by atoms with Crippen LogP contribution in [-0.2, 0) is 13.1 Å². The van der Waals surface area contributed by atoms with Crippen molar-refractivity contribution in [2.75, 3.05) is 13.2 Å². The molecule has 1 aliphatic rings. The number of rotatable bonds is 7. The molecule has 106 valence electrons. The highest BCUT2D eigenvalue weighted by Crippen LogP contribution is 2.27. The smallest absolute Gasteiger partial charge is 0.132 e. The Morgan fingerprint density at radius 1 is 1.32 bits per heavy atom. The van der Waals surface area contributed by atoms with E-state index in [2.05, 4.69) is 4.90 Å². The minimum atomic E-state index is -0.168. The molecule has 0 atom stereocenters. The predicted octanol–water partition coefficient (Wildman–Crippen LogP) is 2.02. The highest BCUT2D eigenvalue weighted by molar-refractivity contribution is 5.26. The Hall–Kier alpha value is -0.970. The van der Waals surface area contributed by atoms with Gasteiger partial charge in [-0.15, -0.1) is 0 Å². The van der Waals surface area contributed by atoms with Gasteiger partial charge in [0.05, 0.1) is 0 Å². The van der Waals surface area contributed by atoms with Crippen LogP contribution in [0.2, 0.25) is 0 Å². The minimum Gasteiger partial charge on any atom is -0.396 e. The molecular formula is C15H23FN2O. The molecule has 0 bridgehead atoms. The summed E-state index contributed by atoms with van der Waals surface area (Å²) in [6, 6.07) is 5.98. The highest BCUT2D eigenvalue weighted by atomic mass is 19.1. The average Bonchev–Trinajstić information content (AvgIpc) is 2.36. The Morgan fingerprint density at radius 3 is 2.63 bits per heavy atom. The molecule has 0 spiro atoms.